The Bertz CT molecular complexity index is 303. The second-order valence-corrected chi connectivity index (χ2v) is 2.80. The number of carboxylic acids is 1. The molecule has 1 N–H and O–H groups in total. The molecule has 0 saturated heterocycles. The highest BCUT2D eigenvalue weighted by atomic mass is 16.4. The zero-order chi connectivity index (χ0) is 10.2. The average molecular weight is 192 g/mol. The highest BCUT2D eigenvalue weighted by Crippen LogP contribution is 1.88. The number of carboxylic acid groups (broad SMARTS) is 1. The number of carbonyl (C=O) groups is 1. The van der Waals surface area contributed by atoms with Crippen LogP contribution in [-0.2, 0) is 0 Å². The maximum atomic E-state index is 10.0. The van der Waals surface area contributed by atoms with Crippen LogP contribution in [0.25, 0.3) is 0 Å². The quantitative estimate of drug-likeness (QED) is 0.581. The van der Waals surface area contributed by atoms with Crippen molar-refractivity contribution in [2.24, 2.45) is 0 Å². The molecule has 0 radical (unpaired) electrons. The van der Waals surface area contributed by atoms with Crippen molar-refractivity contribution < 1.29 is 14.9 Å². The van der Waals surface area contributed by atoms with Gasteiger partial charge >= 0.3 is 0 Å². The number of aromatic nitrogens is 1. The van der Waals surface area contributed by atoms with Crippen LogP contribution in [0, 0.1) is 0 Å². The van der Waals surface area contributed by atoms with Gasteiger partial charge in [-0.1, -0.05) is 6.07 Å². The van der Waals surface area contributed by atoms with Crippen LogP contribution < -0.4 is 10.1 Å². The molecule has 0 amide bonds. The minimum atomic E-state index is -1.24. The zero-order valence-electron chi connectivity index (χ0n) is 7.77. The molecule has 0 atom stereocenters. The van der Waals surface area contributed by atoms with Crippen LogP contribution in [0.1, 0.15) is 23.3 Å². The lowest BCUT2D eigenvalue weighted by Crippen LogP contribution is -2.65. The standard InChI is InChI=1S/C6H5NO2.C4H7N/c8-6(9)5-3-1-2-4-7-5;1-2-4-5-3-1/h1-4H,(H,8,9);3H,1-2,4H2. The van der Waals surface area contributed by atoms with E-state index in [9.17, 15) is 9.90 Å². The van der Waals surface area contributed by atoms with E-state index in [1.807, 2.05) is 0 Å². The van der Waals surface area contributed by atoms with Crippen molar-refractivity contribution in [2.75, 3.05) is 6.54 Å². The second-order valence-electron chi connectivity index (χ2n) is 2.80. The molecular weight excluding hydrogens is 180 g/mol. The second kappa shape index (κ2) is 5.85. The Morgan fingerprint density at radius 2 is 2.36 bits per heavy atom. The molecule has 0 fully saturated rings. The summed E-state index contributed by atoms with van der Waals surface area (Å²) in [5.41, 5.74) is -0.0301. The molecule has 1 aromatic rings. The Morgan fingerprint density at radius 3 is 2.64 bits per heavy atom. The number of nitrogens with one attached hydrogen (secondary N) is 1. The summed E-state index contributed by atoms with van der Waals surface area (Å²) >= 11 is 0. The zero-order valence-corrected chi connectivity index (χ0v) is 7.77. The first-order chi connectivity index (χ1) is 6.80. The van der Waals surface area contributed by atoms with Crippen molar-refractivity contribution in [1.82, 2.24) is 4.98 Å². The number of hydrogen-bond acceptors (Lipinski definition) is 3. The Labute approximate surface area is 82.3 Å². The van der Waals surface area contributed by atoms with Crippen LogP contribution in [-0.4, -0.2) is 23.7 Å². The summed E-state index contributed by atoms with van der Waals surface area (Å²) in [5, 5.41) is 10.0. The van der Waals surface area contributed by atoms with E-state index in [0.717, 1.165) is 0 Å². The number of carbonyl (C=O) groups excluding carboxylic acids is 1. The van der Waals surface area contributed by atoms with Gasteiger partial charge in [-0.25, -0.2) is 0 Å². The van der Waals surface area contributed by atoms with Gasteiger partial charge in [-0.2, -0.15) is 0 Å². The number of hydrogen-bond donors (Lipinski definition) is 1. The van der Waals surface area contributed by atoms with Crippen LogP contribution in [0.5, 0.6) is 0 Å². The van der Waals surface area contributed by atoms with Gasteiger partial charge in [0, 0.05) is 19.0 Å². The van der Waals surface area contributed by atoms with E-state index in [0.29, 0.717) is 0 Å². The summed E-state index contributed by atoms with van der Waals surface area (Å²) in [6.07, 6.45) is 6.12. The fraction of sp³-hybridized carbons (Fsp3) is 0.300. The Morgan fingerprint density at radius 1 is 1.50 bits per heavy atom. The summed E-state index contributed by atoms with van der Waals surface area (Å²) in [6, 6.07) is 4.62. The molecule has 0 saturated carbocycles. The van der Waals surface area contributed by atoms with Gasteiger partial charge in [0.05, 0.1) is 11.7 Å². The third-order valence-electron chi connectivity index (χ3n) is 1.69. The number of rotatable bonds is 1. The summed E-state index contributed by atoms with van der Waals surface area (Å²) in [6.45, 7) is 1.19. The molecule has 2 heterocycles. The Balaban J connectivity index is 0.000000165. The van der Waals surface area contributed by atoms with Crippen LogP contribution in [0.3, 0.4) is 0 Å². The molecule has 0 aliphatic carbocycles. The SMILES string of the molecule is C1=[NH+]CCC1.O=C([O-])c1ccccn1. The van der Waals surface area contributed by atoms with Gasteiger partial charge in [0.15, 0.2) is 0 Å². The fourth-order valence-electron chi connectivity index (χ4n) is 0.994. The van der Waals surface area contributed by atoms with Crippen molar-refractivity contribution in [3.05, 3.63) is 30.1 Å². The number of pyridine rings is 1. The number of nitrogens with zero attached hydrogens (tertiary/aromatic N) is 1. The molecule has 0 unspecified atom stereocenters. The van der Waals surface area contributed by atoms with E-state index >= 15 is 0 Å². The predicted octanol–water partition coefficient (Wildman–Crippen LogP) is -1.62. The third-order valence-corrected chi connectivity index (χ3v) is 1.69. The van der Waals surface area contributed by atoms with Gasteiger partial charge in [0.1, 0.15) is 12.8 Å². The predicted molar refractivity (Wildman–Crippen MR) is 49.7 cm³/mol. The molecular formula is C10H12N2O2. The largest absolute Gasteiger partial charge is 0.543 e. The van der Waals surface area contributed by atoms with Crippen molar-refractivity contribution in [3.63, 3.8) is 0 Å². The van der Waals surface area contributed by atoms with Crippen molar-refractivity contribution in [1.29, 1.82) is 0 Å². The first-order valence-electron chi connectivity index (χ1n) is 4.48. The fourth-order valence-corrected chi connectivity index (χ4v) is 0.994. The van der Waals surface area contributed by atoms with Crippen molar-refractivity contribution in [3.8, 4) is 0 Å². The monoisotopic (exact) mass is 192 g/mol. The maximum Gasteiger partial charge on any atom is 0.141 e. The minimum Gasteiger partial charge on any atom is -0.543 e. The third kappa shape index (κ3) is 3.80. The molecule has 0 bridgehead atoms. The molecule has 14 heavy (non-hydrogen) atoms. The summed E-state index contributed by atoms with van der Waals surface area (Å²) in [7, 11) is 0. The van der Waals surface area contributed by atoms with Gasteiger partial charge in [0.2, 0.25) is 0 Å². The van der Waals surface area contributed by atoms with Crippen LogP contribution >= 0.6 is 0 Å². The van der Waals surface area contributed by atoms with E-state index in [1.165, 1.54) is 31.6 Å². The molecule has 0 aromatic carbocycles. The topological polar surface area (TPSA) is 67.0 Å². The number of aromatic carboxylic acids is 1. The Hall–Kier alpha value is -1.71. The van der Waals surface area contributed by atoms with E-state index in [-0.39, 0.29) is 5.69 Å². The van der Waals surface area contributed by atoms with Crippen molar-refractivity contribution >= 4 is 12.2 Å². The Kier molecular flexibility index (Phi) is 4.34. The maximum absolute atomic E-state index is 10.0. The van der Waals surface area contributed by atoms with E-state index < -0.39 is 5.97 Å². The van der Waals surface area contributed by atoms with E-state index in [1.54, 1.807) is 12.1 Å². The molecule has 4 heteroatoms. The van der Waals surface area contributed by atoms with E-state index in [2.05, 4.69) is 16.2 Å². The van der Waals surface area contributed by atoms with Gasteiger partial charge < -0.3 is 9.90 Å². The normalized spacial score (nSPS) is 13.1. The smallest absolute Gasteiger partial charge is 0.141 e. The van der Waals surface area contributed by atoms with Crippen LogP contribution in [0.15, 0.2) is 24.4 Å². The van der Waals surface area contributed by atoms with Gasteiger partial charge in [0.25, 0.3) is 0 Å². The highest BCUT2D eigenvalue weighted by Gasteiger charge is 1.93. The van der Waals surface area contributed by atoms with Crippen LogP contribution in [0.4, 0.5) is 0 Å². The molecule has 1 aromatic heterocycles. The molecule has 1 aliphatic rings. The lowest BCUT2D eigenvalue weighted by molar-refractivity contribution is -0.442. The molecule has 1 aliphatic heterocycles. The first-order valence-corrected chi connectivity index (χ1v) is 4.48. The minimum absolute atomic E-state index is 0.0301. The summed E-state index contributed by atoms with van der Waals surface area (Å²) in [4.78, 5) is 16.6. The highest BCUT2D eigenvalue weighted by molar-refractivity contribution is 5.83. The van der Waals surface area contributed by atoms with Crippen LogP contribution in [0.2, 0.25) is 0 Å². The van der Waals surface area contributed by atoms with Gasteiger partial charge in [-0.15, -0.1) is 0 Å². The lowest BCUT2D eigenvalue weighted by atomic mass is 10.4. The summed E-state index contributed by atoms with van der Waals surface area (Å²) < 4.78 is 0. The van der Waals surface area contributed by atoms with Gasteiger partial charge in [-0.3, -0.25) is 9.98 Å². The lowest BCUT2D eigenvalue weighted by Gasteiger charge is -1.96. The van der Waals surface area contributed by atoms with Gasteiger partial charge in [-0.05, 0) is 12.1 Å². The molecule has 74 valence electrons. The summed E-state index contributed by atoms with van der Waals surface area (Å²) in [5.74, 6) is -1.24. The van der Waals surface area contributed by atoms with E-state index in [4.69, 9.17) is 0 Å². The molecule has 4 nitrogen and oxygen atoms in total. The molecule has 0 spiro atoms. The average Bonchev–Trinajstić information content (AvgIpc) is 2.77. The molecule has 2 rings (SSSR count). The first kappa shape index (κ1) is 10.4. The van der Waals surface area contributed by atoms with Crippen molar-refractivity contribution in [2.45, 2.75) is 12.8 Å².